The number of aryl methyl sites for hydroxylation is 2. The van der Waals surface area contributed by atoms with Gasteiger partial charge in [0.15, 0.2) is 6.10 Å². The molecule has 0 amide bonds. The first-order chi connectivity index (χ1) is 19.7. The molecule has 1 saturated heterocycles. The van der Waals surface area contributed by atoms with E-state index in [9.17, 15) is 9.90 Å². The highest BCUT2D eigenvalue weighted by Gasteiger charge is 2.36. The van der Waals surface area contributed by atoms with Crippen LogP contribution < -0.4 is 14.4 Å². The van der Waals surface area contributed by atoms with Crippen molar-refractivity contribution in [3.63, 3.8) is 0 Å². The van der Waals surface area contributed by atoms with Gasteiger partial charge in [-0.3, -0.25) is 9.97 Å². The first-order valence-electron chi connectivity index (χ1n) is 14.4. The van der Waals surface area contributed by atoms with Gasteiger partial charge in [-0.25, -0.2) is 4.79 Å². The topological polar surface area (TPSA) is 94.0 Å². The number of aromatic nitrogens is 2. The summed E-state index contributed by atoms with van der Waals surface area (Å²) >= 11 is 6.03. The Morgan fingerprint density at radius 3 is 2.33 bits per heavy atom. The number of hydrogen-bond acceptors (Lipinski definition) is 7. The van der Waals surface area contributed by atoms with Crippen molar-refractivity contribution in [1.29, 1.82) is 0 Å². The smallest absolute Gasteiger partial charge is 0.337 e. The van der Waals surface area contributed by atoms with E-state index in [1.54, 1.807) is 18.5 Å². The largest absolute Gasteiger partial charge is 0.490 e. The van der Waals surface area contributed by atoms with Crippen molar-refractivity contribution in [3.05, 3.63) is 64.6 Å². The number of piperidine rings is 1. The molecule has 0 aliphatic carbocycles. The van der Waals surface area contributed by atoms with Gasteiger partial charge in [0.2, 0.25) is 0 Å². The summed E-state index contributed by atoms with van der Waals surface area (Å²) in [6.07, 6.45) is 4.27. The van der Waals surface area contributed by atoms with E-state index in [1.807, 2.05) is 58.9 Å². The number of anilines is 1. The molecule has 3 heterocycles. The molecule has 0 saturated carbocycles. The van der Waals surface area contributed by atoms with Crippen molar-refractivity contribution in [3.8, 4) is 22.8 Å². The number of benzene rings is 1. The van der Waals surface area contributed by atoms with Crippen LogP contribution in [0.5, 0.6) is 11.5 Å². The van der Waals surface area contributed by atoms with Crippen molar-refractivity contribution in [2.75, 3.05) is 31.2 Å². The molecule has 0 radical (unpaired) electrons. The summed E-state index contributed by atoms with van der Waals surface area (Å²) in [6, 6.07) is 9.25. The molecule has 0 spiro atoms. The molecule has 1 fully saturated rings. The maximum Gasteiger partial charge on any atom is 0.337 e. The molecule has 1 aliphatic heterocycles. The maximum absolute atomic E-state index is 12.6. The molecule has 9 heteroatoms. The number of halogens is 1. The van der Waals surface area contributed by atoms with Gasteiger partial charge in [0.1, 0.15) is 24.7 Å². The number of carboxylic acid groups (broad SMARTS) is 1. The Kier molecular flexibility index (Phi) is 9.68. The lowest BCUT2D eigenvalue weighted by Crippen LogP contribution is -2.39. The number of aliphatic carboxylic acids is 1. The Morgan fingerprint density at radius 2 is 1.74 bits per heavy atom. The van der Waals surface area contributed by atoms with Crippen LogP contribution in [-0.2, 0) is 9.53 Å². The van der Waals surface area contributed by atoms with E-state index in [1.165, 1.54) is 0 Å². The zero-order valence-corrected chi connectivity index (χ0v) is 26.4. The standard InChI is InChI=1S/C33H42ClN3O5/c1-21-18-23(34)8-11-27(21)41-17-16-40-24-9-10-26(36-19-24)25-20-35-22(2)28(30(31(38)39)42-32(3,4)5)29(25)37-14-12-33(6,7)13-15-37/h8-11,18-20,30H,12-17H2,1-7H3,(H,38,39)/t30-/m0/s1. The molecular formula is C33H42ClN3O5. The second-order valence-electron chi connectivity index (χ2n) is 12.6. The quantitative estimate of drug-likeness (QED) is 0.242. The lowest BCUT2D eigenvalue weighted by Gasteiger charge is -2.40. The lowest BCUT2D eigenvalue weighted by molar-refractivity contribution is -0.160. The summed E-state index contributed by atoms with van der Waals surface area (Å²) in [5.41, 5.74) is 4.00. The summed E-state index contributed by atoms with van der Waals surface area (Å²) in [7, 11) is 0. The van der Waals surface area contributed by atoms with E-state index in [0.29, 0.717) is 40.9 Å². The van der Waals surface area contributed by atoms with Crippen LogP contribution >= 0.6 is 11.6 Å². The fraction of sp³-hybridized carbons (Fsp3) is 0.485. The Morgan fingerprint density at radius 1 is 1.05 bits per heavy atom. The predicted octanol–water partition coefficient (Wildman–Crippen LogP) is 7.44. The monoisotopic (exact) mass is 595 g/mol. The summed E-state index contributed by atoms with van der Waals surface area (Å²) < 4.78 is 17.8. The number of hydrogen-bond donors (Lipinski definition) is 1. The van der Waals surface area contributed by atoms with Crippen molar-refractivity contribution in [2.24, 2.45) is 5.41 Å². The molecule has 42 heavy (non-hydrogen) atoms. The lowest BCUT2D eigenvalue weighted by atomic mass is 9.82. The third-order valence-electron chi connectivity index (χ3n) is 7.44. The van der Waals surface area contributed by atoms with Gasteiger partial charge >= 0.3 is 5.97 Å². The van der Waals surface area contributed by atoms with Crippen LogP contribution in [0, 0.1) is 19.3 Å². The average molecular weight is 596 g/mol. The van der Waals surface area contributed by atoms with Gasteiger partial charge in [0.05, 0.1) is 23.2 Å². The fourth-order valence-corrected chi connectivity index (χ4v) is 5.31. The van der Waals surface area contributed by atoms with Crippen LogP contribution in [-0.4, -0.2) is 52.9 Å². The minimum atomic E-state index is -1.17. The average Bonchev–Trinajstić information content (AvgIpc) is 2.91. The molecule has 4 rings (SSSR count). The van der Waals surface area contributed by atoms with Gasteiger partial charge in [-0.2, -0.15) is 0 Å². The number of carboxylic acids is 1. The predicted molar refractivity (Wildman–Crippen MR) is 166 cm³/mol. The third-order valence-corrected chi connectivity index (χ3v) is 7.67. The van der Waals surface area contributed by atoms with E-state index >= 15 is 0 Å². The van der Waals surface area contributed by atoms with E-state index < -0.39 is 17.7 Å². The van der Waals surface area contributed by atoms with Crippen LogP contribution in [0.3, 0.4) is 0 Å². The van der Waals surface area contributed by atoms with Crippen LogP contribution in [0.2, 0.25) is 5.02 Å². The maximum atomic E-state index is 12.6. The molecule has 1 aliphatic rings. The van der Waals surface area contributed by atoms with Crippen LogP contribution in [0.25, 0.3) is 11.3 Å². The molecule has 1 N–H and O–H groups in total. The van der Waals surface area contributed by atoms with Crippen LogP contribution in [0.4, 0.5) is 5.69 Å². The van der Waals surface area contributed by atoms with Crippen molar-refractivity contribution >= 4 is 23.3 Å². The number of ether oxygens (including phenoxy) is 3. The first kappa shape index (κ1) is 31.6. The third kappa shape index (κ3) is 7.92. The van der Waals surface area contributed by atoms with Gasteiger partial charge in [-0.05, 0) is 88.8 Å². The van der Waals surface area contributed by atoms with Crippen molar-refractivity contribution < 1.29 is 24.1 Å². The second-order valence-corrected chi connectivity index (χ2v) is 13.0. The molecule has 2 aromatic heterocycles. The molecule has 3 aromatic rings. The van der Waals surface area contributed by atoms with Gasteiger partial charge in [0, 0.05) is 41.1 Å². The molecule has 1 aromatic carbocycles. The summed E-state index contributed by atoms with van der Waals surface area (Å²) in [5.74, 6) is 0.331. The van der Waals surface area contributed by atoms with Crippen molar-refractivity contribution in [2.45, 2.75) is 73.0 Å². The van der Waals surface area contributed by atoms with E-state index in [2.05, 4.69) is 23.7 Å². The zero-order valence-electron chi connectivity index (χ0n) is 25.7. The second kappa shape index (κ2) is 12.9. The molecular weight excluding hydrogens is 554 g/mol. The number of carbonyl (C=O) groups is 1. The summed E-state index contributed by atoms with van der Waals surface area (Å²) in [5, 5.41) is 11.0. The van der Waals surface area contributed by atoms with Crippen LogP contribution in [0.15, 0.2) is 42.7 Å². The normalized spacial score (nSPS) is 15.8. The SMILES string of the molecule is Cc1cc(Cl)ccc1OCCOc1ccc(-c2cnc(C)c([C@H](OC(C)(C)C)C(=O)O)c2N2CCC(C)(C)CC2)nc1. The number of nitrogens with zero attached hydrogens (tertiary/aromatic N) is 3. The number of pyridine rings is 2. The molecule has 1 atom stereocenters. The zero-order chi connectivity index (χ0) is 30.7. The fourth-order valence-electron chi connectivity index (χ4n) is 5.08. The number of rotatable bonds is 10. The van der Waals surface area contributed by atoms with Gasteiger partial charge in [0.25, 0.3) is 0 Å². The first-order valence-corrected chi connectivity index (χ1v) is 14.8. The minimum absolute atomic E-state index is 0.222. The summed E-state index contributed by atoms with van der Waals surface area (Å²) in [4.78, 5) is 24.2. The highest BCUT2D eigenvalue weighted by Crippen LogP contribution is 2.43. The van der Waals surface area contributed by atoms with E-state index in [0.717, 1.165) is 48.5 Å². The summed E-state index contributed by atoms with van der Waals surface area (Å²) in [6.45, 7) is 16.2. The van der Waals surface area contributed by atoms with Gasteiger partial charge in [-0.15, -0.1) is 0 Å². The molecule has 0 unspecified atom stereocenters. The molecule has 8 nitrogen and oxygen atoms in total. The van der Waals surface area contributed by atoms with Gasteiger partial charge < -0.3 is 24.2 Å². The Labute approximate surface area is 254 Å². The van der Waals surface area contributed by atoms with Gasteiger partial charge in [-0.1, -0.05) is 25.4 Å². The highest BCUT2D eigenvalue weighted by atomic mass is 35.5. The minimum Gasteiger partial charge on any atom is -0.490 e. The van der Waals surface area contributed by atoms with E-state index in [-0.39, 0.29) is 5.41 Å². The Bertz CT molecular complexity index is 1390. The highest BCUT2D eigenvalue weighted by molar-refractivity contribution is 6.30. The molecule has 226 valence electrons. The van der Waals surface area contributed by atoms with E-state index in [4.69, 9.17) is 30.8 Å². The van der Waals surface area contributed by atoms with Crippen molar-refractivity contribution in [1.82, 2.24) is 9.97 Å². The molecule has 0 bridgehead atoms. The van der Waals surface area contributed by atoms with Crippen LogP contribution in [0.1, 0.15) is 70.4 Å². The Hall–Kier alpha value is -3.36. The Balaban J connectivity index is 1.61.